The lowest BCUT2D eigenvalue weighted by Crippen LogP contribution is -2.07. The Bertz CT molecular complexity index is 412. The van der Waals surface area contributed by atoms with Crippen LogP contribution in [0, 0.1) is 11.3 Å². The van der Waals surface area contributed by atoms with Crippen LogP contribution >= 0.6 is 11.6 Å². The summed E-state index contributed by atoms with van der Waals surface area (Å²) in [7, 11) is 0. The lowest BCUT2D eigenvalue weighted by molar-refractivity contribution is -0.142. The van der Waals surface area contributed by atoms with Gasteiger partial charge in [0.25, 0.3) is 0 Å². The molecule has 5 heteroatoms. The third-order valence-corrected chi connectivity index (χ3v) is 1.95. The average molecular weight is 225 g/mol. The van der Waals surface area contributed by atoms with Gasteiger partial charge in [0.1, 0.15) is 6.07 Å². The molecule has 15 heavy (non-hydrogen) atoms. The summed E-state index contributed by atoms with van der Waals surface area (Å²) in [4.78, 5) is 14.9. The van der Waals surface area contributed by atoms with Crippen molar-refractivity contribution in [1.29, 1.82) is 5.26 Å². The van der Waals surface area contributed by atoms with E-state index in [-0.39, 0.29) is 23.1 Å². The molecule has 78 valence electrons. The van der Waals surface area contributed by atoms with Crippen LogP contribution in [0.1, 0.15) is 18.2 Å². The third kappa shape index (κ3) is 3.22. The molecule has 0 spiro atoms. The molecule has 0 bridgehead atoms. The van der Waals surface area contributed by atoms with E-state index in [0.29, 0.717) is 12.2 Å². The molecule has 0 aliphatic carbocycles. The second-order valence-electron chi connectivity index (χ2n) is 2.77. The first-order valence-electron chi connectivity index (χ1n) is 4.37. The quantitative estimate of drug-likeness (QED) is 0.734. The van der Waals surface area contributed by atoms with E-state index in [9.17, 15) is 4.79 Å². The fourth-order valence-corrected chi connectivity index (χ4v) is 1.27. The van der Waals surface area contributed by atoms with Crippen molar-refractivity contribution in [1.82, 2.24) is 4.98 Å². The fraction of sp³-hybridized carbons (Fsp3) is 0.300. The lowest BCUT2D eigenvalue weighted by atomic mass is 10.2. The Morgan fingerprint density at radius 3 is 3.00 bits per heavy atom. The molecule has 0 saturated carbocycles. The molecule has 1 aromatic heterocycles. The number of ether oxygens (including phenoxy) is 1. The maximum Gasteiger partial charge on any atom is 0.310 e. The highest BCUT2D eigenvalue weighted by Crippen LogP contribution is 2.14. The number of nitriles is 1. The Hall–Kier alpha value is -1.60. The van der Waals surface area contributed by atoms with Crippen LogP contribution in [-0.4, -0.2) is 17.6 Å². The molecule has 0 aliphatic heterocycles. The summed E-state index contributed by atoms with van der Waals surface area (Å²) in [6.45, 7) is 2.08. The number of hydrogen-bond acceptors (Lipinski definition) is 4. The van der Waals surface area contributed by atoms with Crippen LogP contribution in [-0.2, 0) is 16.0 Å². The Balaban J connectivity index is 2.76. The van der Waals surface area contributed by atoms with Crippen molar-refractivity contribution in [2.75, 3.05) is 6.61 Å². The van der Waals surface area contributed by atoms with Crippen LogP contribution in [0.4, 0.5) is 0 Å². The third-order valence-electron chi connectivity index (χ3n) is 1.66. The predicted octanol–water partition coefficient (Wildman–Crippen LogP) is 1.71. The van der Waals surface area contributed by atoms with Crippen molar-refractivity contribution in [2.24, 2.45) is 0 Å². The maximum absolute atomic E-state index is 11.1. The summed E-state index contributed by atoms with van der Waals surface area (Å²) < 4.78 is 4.77. The Labute approximate surface area is 92.4 Å². The molecule has 0 fully saturated rings. The van der Waals surface area contributed by atoms with E-state index in [4.69, 9.17) is 21.6 Å². The monoisotopic (exact) mass is 224 g/mol. The van der Waals surface area contributed by atoms with Crippen LogP contribution in [0.2, 0.25) is 5.02 Å². The largest absolute Gasteiger partial charge is 0.466 e. The van der Waals surface area contributed by atoms with Gasteiger partial charge in [-0.3, -0.25) is 4.79 Å². The molecular weight excluding hydrogens is 216 g/mol. The summed E-state index contributed by atoms with van der Waals surface area (Å²) in [6, 6.07) is 3.39. The molecule has 0 saturated heterocycles. The van der Waals surface area contributed by atoms with Gasteiger partial charge >= 0.3 is 5.97 Å². The number of esters is 1. The summed E-state index contributed by atoms with van der Waals surface area (Å²) in [5.74, 6) is -0.333. The van der Waals surface area contributed by atoms with Crippen LogP contribution in [0.15, 0.2) is 12.3 Å². The van der Waals surface area contributed by atoms with Gasteiger partial charge in [-0.05, 0) is 18.6 Å². The zero-order chi connectivity index (χ0) is 11.3. The average Bonchev–Trinajstić information content (AvgIpc) is 2.18. The topological polar surface area (TPSA) is 63.0 Å². The van der Waals surface area contributed by atoms with Gasteiger partial charge in [-0.2, -0.15) is 5.26 Å². The Morgan fingerprint density at radius 1 is 1.73 bits per heavy atom. The van der Waals surface area contributed by atoms with Crippen LogP contribution in [0.5, 0.6) is 0 Å². The van der Waals surface area contributed by atoms with Gasteiger partial charge in [-0.15, -0.1) is 0 Å². The maximum atomic E-state index is 11.1. The van der Waals surface area contributed by atoms with Crippen molar-refractivity contribution in [2.45, 2.75) is 13.3 Å². The van der Waals surface area contributed by atoms with Crippen molar-refractivity contribution in [3.05, 3.63) is 28.5 Å². The molecule has 0 atom stereocenters. The SMILES string of the molecule is CCOC(=O)Cc1cnc(C#N)c(Cl)c1. The number of carbonyl (C=O) groups excluding carboxylic acids is 1. The normalized spacial score (nSPS) is 9.40. The smallest absolute Gasteiger partial charge is 0.310 e. The zero-order valence-electron chi connectivity index (χ0n) is 8.16. The van der Waals surface area contributed by atoms with Gasteiger partial charge in [-0.1, -0.05) is 11.6 Å². The van der Waals surface area contributed by atoms with Gasteiger partial charge in [0.15, 0.2) is 5.69 Å². The summed E-state index contributed by atoms with van der Waals surface area (Å²) >= 11 is 5.75. The standard InChI is InChI=1S/C10H9ClN2O2/c1-2-15-10(14)4-7-3-8(11)9(5-12)13-6-7/h3,6H,2,4H2,1H3. The van der Waals surface area contributed by atoms with E-state index in [1.54, 1.807) is 13.0 Å². The molecule has 0 aliphatic rings. The number of nitrogens with zero attached hydrogens (tertiary/aromatic N) is 2. The molecule has 0 aromatic carbocycles. The highest BCUT2D eigenvalue weighted by molar-refractivity contribution is 6.31. The van der Waals surface area contributed by atoms with Gasteiger partial charge in [0.05, 0.1) is 18.1 Å². The second-order valence-corrected chi connectivity index (χ2v) is 3.17. The van der Waals surface area contributed by atoms with Crippen molar-refractivity contribution in [3.63, 3.8) is 0 Å². The number of pyridine rings is 1. The second kappa shape index (κ2) is 5.32. The highest BCUT2D eigenvalue weighted by atomic mass is 35.5. The van der Waals surface area contributed by atoms with Gasteiger partial charge in [0, 0.05) is 6.20 Å². The molecule has 4 nitrogen and oxygen atoms in total. The molecule has 0 radical (unpaired) electrons. The molecule has 1 rings (SSSR count). The van der Waals surface area contributed by atoms with Gasteiger partial charge in [0.2, 0.25) is 0 Å². The zero-order valence-corrected chi connectivity index (χ0v) is 8.91. The molecule has 1 heterocycles. The van der Waals surface area contributed by atoms with Crippen LogP contribution < -0.4 is 0 Å². The van der Waals surface area contributed by atoms with Crippen molar-refractivity contribution >= 4 is 17.6 Å². The number of aromatic nitrogens is 1. The first kappa shape index (κ1) is 11.5. The van der Waals surface area contributed by atoms with Crippen molar-refractivity contribution < 1.29 is 9.53 Å². The predicted molar refractivity (Wildman–Crippen MR) is 54.3 cm³/mol. The minimum absolute atomic E-state index is 0.117. The van der Waals surface area contributed by atoms with E-state index in [2.05, 4.69) is 4.98 Å². The number of halogens is 1. The Kier molecular flexibility index (Phi) is 4.07. The highest BCUT2D eigenvalue weighted by Gasteiger charge is 2.07. The fourth-order valence-electron chi connectivity index (χ4n) is 1.04. The van der Waals surface area contributed by atoms with Gasteiger partial charge < -0.3 is 4.74 Å². The van der Waals surface area contributed by atoms with E-state index >= 15 is 0 Å². The minimum Gasteiger partial charge on any atom is -0.466 e. The summed E-state index contributed by atoms with van der Waals surface area (Å²) in [6.07, 6.45) is 1.56. The molecule has 1 aromatic rings. The number of rotatable bonds is 3. The van der Waals surface area contributed by atoms with Gasteiger partial charge in [-0.25, -0.2) is 4.98 Å². The van der Waals surface area contributed by atoms with E-state index in [1.165, 1.54) is 6.20 Å². The van der Waals surface area contributed by atoms with Crippen LogP contribution in [0.25, 0.3) is 0 Å². The Morgan fingerprint density at radius 2 is 2.47 bits per heavy atom. The molecule has 0 unspecified atom stereocenters. The van der Waals surface area contributed by atoms with Crippen molar-refractivity contribution in [3.8, 4) is 6.07 Å². The van der Waals surface area contributed by atoms with E-state index < -0.39 is 0 Å². The summed E-state index contributed by atoms with van der Waals surface area (Å²) in [5.41, 5.74) is 0.793. The molecule has 0 N–H and O–H groups in total. The number of hydrogen-bond donors (Lipinski definition) is 0. The van der Waals surface area contributed by atoms with E-state index in [0.717, 1.165) is 0 Å². The summed E-state index contributed by atoms with van der Waals surface area (Å²) in [5, 5.41) is 8.84. The molecule has 0 amide bonds. The lowest BCUT2D eigenvalue weighted by Gasteiger charge is -2.02. The van der Waals surface area contributed by atoms with Crippen LogP contribution in [0.3, 0.4) is 0 Å². The number of carbonyl (C=O) groups is 1. The minimum atomic E-state index is -0.333. The first-order valence-corrected chi connectivity index (χ1v) is 4.75. The first-order chi connectivity index (χ1) is 7.17. The van der Waals surface area contributed by atoms with E-state index in [1.807, 2.05) is 6.07 Å². The molecular formula is C10H9ClN2O2.